The highest BCUT2D eigenvalue weighted by Gasteiger charge is 2.16. The van der Waals surface area contributed by atoms with Crippen molar-refractivity contribution in [3.63, 3.8) is 0 Å². The van der Waals surface area contributed by atoms with E-state index in [1.165, 1.54) is 12.4 Å². The molecule has 122 valence electrons. The summed E-state index contributed by atoms with van der Waals surface area (Å²) in [5, 5.41) is 14.7. The minimum atomic E-state index is -1.07. The second-order valence-corrected chi connectivity index (χ2v) is 6.39. The third-order valence-electron chi connectivity index (χ3n) is 2.96. The highest BCUT2D eigenvalue weighted by atomic mass is 35.5. The van der Waals surface area contributed by atoms with Gasteiger partial charge in [0.15, 0.2) is 5.82 Å². The van der Waals surface area contributed by atoms with E-state index in [9.17, 15) is 9.59 Å². The number of hydrogen-bond donors (Lipinski definition) is 3. The highest BCUT2D eigenvalue weighted by Crippen LogP contribution is 2.31. The van der Waals surface area contributed by atoms with Crippen molar-refractivity contribution in [1.29, 1.82) is 0 Å². The normalized spacial score (nSPS) is 10.6. The Morgan fingerprint density at radius 2 is 1.83 bits per heavy atom. The van der Waals surface area contributed by atoms with E-state index in [-0.39, 0.29) is 26.4 Å². The van der Waals surface area contributed by atoms with Gasteiger partial charge in [-0.15, -0.1) is 11.3 Å². The molecule has 2 heterocycles. The summed E-state index contributed by atoms with van der Waals surface area (Å²) in [5.74, 6) is -0.880. The van der Waals surface area contributed by atoms with Gasteiger partial charge in [-0.3, -0.25) is 5.32 Å². The van der Waals surface area contributed by atoms with E-state index in [0.717, 1.165) is 11.3 Å². The first-order valence-corrected chi connectivity index (χ1v) is 8.03. The molecule has 0 atom stereocenters. The van der Waals surface area contributed by atoms with E-state index in [0.29, 0.717) is 10.2 Å². The van der Waals surface area contributed by atoms with Crippen molar-refractivity contribution in [3.8, 4) is 0 Å². The van der Waals surface area contributed by atoms with Crippen LogP contribution >= 0.6 is 34.5 Å². The van der Waals surface area contributed by atoms with Gasteiger partial charge < -0.3 is 10.4 Å². The molecule has 0 aliphatic heterocycles. The monoisotopic (exact) mass is 382 g/mol. The van der Waals surface area contributed by atoms with Gasteiger partial charge in [-0.25, -0.2) is 19.6 Å². The number of carbonyl (C=O) groups excluding carboxylic acids is 1. The Bertz CT molecular complexity index is 940. The van der Waals surface area contributed by atoms with E-state index in [1.54, 1.807) is 18.2 Å². The van der Waals surface area contributed by atoms with Gasteiger partial charge in [0.25, 0.3) is 0 Å². The van der Waals surface area contributed by atoms with Gasteiger partial charge in [0.1, 0.15) is 11.2 Å². The molecule has 24 heavy (non-hydrogen) atoms. The number of nitrogens with zero attached hydrogens (tertiary/aromatic N) is 2. The summed E-state index contributed by atoms with van der Waals surface area (Å²) in [6.45, 7) is 0. The number of carboxylic acids is 1. The molecule has 0 saturated heterocycles. The number of thiophene rings is 1. The van der Waals surface area contributed by atoms with E-state index < -0.39 is 12.0 Å². The molecule has 7 nitrogen and oxygen atoms in total. The zero-order valence-corrected chi connectivity index (χ0v) is 14.0. The van der Waals surface area contributed by atoms with Crippen LogP contribution in [-0.2, 0) is 0 Å². The molecule has 0 saturated carbocycles. The van der Waals surface area contributed by atoms with Crippen molar-refractivity contribution in [3.05, 3.63) is 45.5 Å². The first kappa shape index (κ1) is 16.4. The summed E-state index contributed by atoms with van der Waals surface area (Å²) in [6.07, 6.45) is 1.23. The molecule has 0 bridgehead atoms. The summed E-state index contributed by atoms with van der Waals surface area (Å²) in [6, 6.07) is 5.63. The average molecular weight is 383 g/mol. The summed E-state index contributed by atoms with van der Waals surface area (Å²) in [5.41, 5.74) is 0.694. The van der Waals surface area contributed by atoms with Gasteiger partial charge in [0, 0.05) is 0 Å². The van der Waals surface area contributed by atoms with Crippen LogP contribution < -0.4 is 10.6 Å². The Labute approximate surface area is 149 Å². The van der Waals surface area contributed by atoms with Crippen LogP contribution in [-0.4, -0.2) is 27.1 Å². The molecule has 0 radical (unpaired) electrons. The quantitative estimate of drug-likeness (QED) is 0.624. The van der Waals surface area contributed by atoms with Gasteiger partial charge >= 0.3 is 12.0 Å². The van der Waals surface area contributed by atoms with Gasteiger partial charge in [-0.1, -0.05) is 29.3 Å². The predicted molar refractivity (Wildman–Crippen MR) is 93.5 cm³/mol. The van der Waals surface area contributed by atoms with E-state index in [4.69, 9.17) is 28.3 Å². The summed E-state index contributed by atoms with van der Waals surface area (Å²) in [7, 11) is 0. The van der Waals surface area contributed by atoms with E-state index in [1.807, 2.05) is 0 Å². The number of rotatable bonds is 3. The molecule has 0 aliphatic rings. The lowest BCUT2D eigenvalue weighted by Crippen LogP contribution is -2.20. The van der Waals surface area contributed by atoms with Crippen LogP contribution in [0, 0.1) is 0 Å². The number of urea groups is 1. The minimum absolute atomic E-state index is 0.100. The number of fused-ring (bicyclic) bond motifs is 1. The Balaban J connectivity index is 1.87. The number of nitrogens with one attached hydrogen (secondary N) is 2. The molecule has 2 aromatic heterocycles. The van der Waals surface area contributed by atoms with Crippen molar-refractivity contribution in [2.45, 2.75) is 0 Å². The summed E-state index contributed by atoms with van der Waals surface area (Å²) < 4.78 is 0.454. The van der Waals surface area contributed by atoms with Crippen LogP contribution in [0.2, 0.25) is 10.0 Å². The van der Waals surface area contributed by atoms with Crippen LogP contribution in [0.25, 0.3) is 10.2 Å². The third kappa shape index (κ3) is 3.25. The molecule has 0 aliphatic carbocycles. The fraction of sp³-hybridized carbons (Fsp3) is 0. The molecule has 1 aromatic carbocycles. The number of carboxylic acid groups (broad SMARTS) is 1. The number of halogens is 2. The van der Waals surface area contributed by atoms with Crippen molar-refractivity contribution < 1.29 is 14.7 Å². The number of anilines is 2. The number of carbonyl (C=O) groups is 2. The smallest absolute Gasteiger partial charge is 0.345 e. The van der Waals surface area contributed by atoms with E-state index >= 15 is 0 Å². The Hall–Kier alpha value is -2.42. The van der Waals surface area contributed by atoms with Gasteiger partial charge in [0.2, 0.25) is 0 Å². The highest BCUT2D eigenvalue weighted by molar-refractivity contribution is 7.21. The van der Waals surface area contributed by atoms with Crippen LogP contribution in [0.1, 0.15) is 9.67 Å². The zero-order valence-electron chi connectivity index (χ0n) is 11.7. The molecular formula is C14H8Cl2N4O3S. The van der Waals surface area contributed by atoms with Crippen molar-refractivity contribution in [1.82, 2.24) is 9.97 Å². The molecule has 0 spiro atoms. The maximum atomic E-state index is 12.2. The maximum Gasteiger partial charge on any atom is 0.345 e. The molecule has 0 unspecified atom stereocenters. The van der Waals surface area contributed by atoms with Crippen molar-refractivity contribution in [2.24, 2.45) is 0 Å². The zero-order chi connectivity index (χ0) is 17.3. The summed E-state index contributed by atoms with van der Waals surface area (Å²) >= 11 is 13.0. The average Bonchev–Trinajstić information content (AvgIpc) is 2.97. The van der Waals surface area contributed by atoms with Crippen LogP contribution in [0.3, 0.4) is 0 Å². The minimum Gasteiger partial charge on any atom is -0.477 e. The molecule has 3 N–H and O–H groups in total. The second-order valence-electron chi connectivity index (χ2n) is 4.53. The summed E-state index contributed by atoms with van der Waals surface area (Å²) in [4.78, 5) is 31.3. The predicted octanol–water partition coefficient (Wildman–Crippen LogP) is 4.34. The number of para-hydroxylation sites is 1. The first-order valence-electron chi connectivity index (χ1n) is 6.45. The van der Waals surface area contributed by atoms with Gasteiger partial charge in [-0.2, -0.15) is 0 Å². The Morgan fingerprint density at radius 3 is 2.50 bits per heavy atom. The number of amides is 2. The number of hydrogen-bond acceptors (Lipinski definition) is 5. The van der Waals surface area contributed by atoms with Crippen molar-refractivity contribution >= 4 is 68.3 Å². The first-order chi connectivity index (χ1) is 11.5. The Kier molecular flexibility index (Phi) is 4.52. The molecule has 2 amide bonds. The molecule has 0 fully saturated rings. The third-order valence-corrected chi connectivity index (χ3v) is 4.70. The molecular weight excluding hydrogens is 375 g/mol. The van der Waals surface area contributed by atoms with Crippen LogP contribution in [0.5, 0.6) is 0 Å². The maximum absolute atomic E-state index is 12.2. The molecule has 3 rings (SSSR count). The van der Waals surface area contributed by atoms with Crippen LogP contribution in [0.15, 0.2) is 30.6 Å². The van der Waals surface area contributed by atoms with Gasteiger partial charge in [0.05, 0.1) is 25.9 Å². The number of benzene rings is 1. The lowest BCUT2D eigenvalue weighted by molar-refractivity contribution is 0.0702. The standard InChI is InChI=1S/C14H8Cl2N4O3S/c15-6-2-1-3-7(16)10(6)19-14(23)20-12-11-8(17-5-18-12)4-9(24-11)13(21)22/h1-5H,(H,21,22)(H2,17,18,19,20,23). The largest absolute Gasteiger partial charge is 0.477 e. The number of aromatic nitrogens is 2. The lowest BCUT2D eigenvalue weighted by atomic mass is 10.3. The fourth-order valence-electron chi connectivity index (χ4n) is 1.92. The van der Waals surface area contributed by atoms with Crippen molar-refractivity contribution in [2.75, 3.05) is 10.6 Å². The second kappa shape index (κ2) is 6.60. The Morgan fingerprint density at radius 1 is 1.12 bits per heavy atom. The number of aromatic carboxylic acids is 1. The fourth-order valence-corrected chi connectivity index (χ4v) is 3.30. The topological polar surface area (TPSA) is 104 Å². The molecule has 10 heteroatoms. The van der Waals surface area contributed by atoms with Crippen LogP contribution in [0.4, 0.5) is 16.3 Å². The van der Waals surface area contributed by atoms with E-state index in [2.05, 4.69) is 20.6 Å². The SMILES string of the molecule is O=C(Nc1c(Cl)cccc1Cl)Nc1ncnc2cc(C(=O)O)sc12. The van der Waals surface area contributed by atoms with Gasteiger partial charge in [-0.05, 0) is 18.2 Å². The lowest BCUT2D eigenvalue weighted by Gasteiger charge is -2.10. The molecule has 3 aromatic rings.